The molecule has 5 nitrogen and oxygen atoms in total. The Morgan fingerprint density at radius 2 is 2.35 bits per heavy atom. The third-order valence-corrected chi connectivity index (χ3v) is 5.27. The van der Waals surface area contributed by atoms with E-state index in [2.05, 4.69) is 11.4 Å². The molecule has 2 N–H and O–H groups in total. The first-order valence-corrected chi connectivity index (χ1v) is 8.26. The summed E-state index contributed by atoms with van der Waals surface area (Å²) in [6, 6.07) is -0.941. The van der Waals surface area contributed by atoms with Gasteiger partial charge in [-0.25, -0.2) is 9.59 Å². The van der Waals surface area contributed by atoms with E-state index in [1.807, 2.05) is 6.92 Å². The van der Waals surface area contributed by atoms with Crippen molar-refractivity contribution in [3.8, 4) is 0 Å². The highest BCUT2D eigenvalue weighted by atomic mass is 32.2. The molecule has 0 aromatic rings. The number of carbonyl (C=O) groups is 2. The average molecular weight is 298 g/mol. The molecule has 0 saturated carbocycles. The van der Waals surface area contributed by atoms with E-state index < -0.39 is 12.0 Å². The number of aliphatic carboxylic acids is 1. The smallest absolute Gasteiger partial charge is 0.327 e. The van der Waals surface area contributed by atoms with Gasteiger partial charge in [-0.05, 0) is 32.1 Å². The minimum Gasteiger partial charge on any atom is -0.480 e. The maximum atomic E-state index is 12.2. The number of amides is 2. The van der Waals surface area contributed by atoms with Gasteiger partial charge in [0, 0.05) is 12.3 Å². The van der Waals surface area contributed by atoms with Crippen molar-refractivity contribution in [3.05, 3.63) is 11.6 Å². The van der Waals surface area contributed by atoms with Crippen LogP contribution in [0.15, 0.2) is 11.6 Å². The molecule has 0 spiro atoms. The predicted molar refractivity (Wildman–Crippen MR) is 79.7 cm³/mol. The van der Waals surface area contributed by atoms with E-state index in [4.69, 9.17) is 0 Å². The van der Waals surface area contributed by atoms with Crippen molar-refractivity contribution in [1.29, 1.82) is 0 Å². The summed E-state index contributed by atoms with van der Waals surface area (Å²) in [5, 5.41) is 12.0. The first kappa shape index (κ1) is 15.2. The molecule has 112 valence electrons. The second kappa shape index (κ2) is 7.02. The van der Waals surface area contributed by atoms with Crippen molar-refractivity contribution in [2.75, 3.05) is 12.3 Å². The summed E-state index contributed by atoms with van der Waals surface area (Å²) in [4.78, 5) is 24.9. The van der Waals surface area contributed by atoms with Gasteiger partial charge in [-0.2, -0.15) is 0 Å². The lowest BCUT2D eigenvalue weighted by molar-refractivity contribution is -0.141. The van der Waals surface area contributed by atoms with Gasteiger partial charge in [0.25, 0.3) is 0 Å². The standard InChI is InChI=1S/C14H22N2O3S/c1-2-12-16(11(9-20-12)13(17)18)14(19)15-8-7-10-5-3-4-6-10/h5,11-12H,2-4,6-9H2,1H3,(H,15,19)(H,17,18). The minimum absolute atomic E-state index is 0.0261. The molecule has 1 aliphatic carbocycles. The summed E-state index contributed by atoms with van der Waals surface area (Å²) in [7, 11) is 0. The summed E-state index contributed by atoms with van der Waals surface area (Å²) in [5.41, 5.74) is 1.41. The van der Waals surface area contributed by atoms with Crippen LogP contribution in [0, 0.1) is 0 Å². The number of carbonyl (C=O) groups excluding carboxylic acids is 1. The van der Waals surface area contributed by atoms with Crippen molar-refractivity contribution in [3.63, 3.8) is 0 Å². The van der Waals surface area contributed by atoms with Gasteiger partial charge in [0.1, 0.15) is 6.04 Å². The van der Waals surface area contributed by atoms with E-state index in [1.165, 1.54) is 16.9 Å². The second-order valence-corrected chi connectivity index (χ2v) is 6.40. The summed E-state index contributed by atoms with van der Waals surface area (Å²) >= 11 is 1.55. The molecule has 2 amide bonds. The van der Waals surface area contributed by atoms with Gasteiger partial charge in [-0.15, -0.1) is 11.8 Å². The third-order valence-electron chi connectivity index (χ3n) is 3.82. The Balaban J connectivity index is 1.86. The number of urea groups is 1. The summed E-state index contributed by atoms with van der Waals surface area (Å²) in [6.45, 7) is 2.57. The number of carboxylic acid groups (broad SMARTS) is 1. The lowest BCUT2D eigenvalue weighted by atomic mass is 10.2. The van der Waals surface area contributed by atoms with Crippen molar-refractivity contribution >= 4 is 23.8 Å². The van der Waals surface area contributed by atoms with Gasteiger partial charge >= 0.3 is 12.0 Å². The SMILES string of the molecule is CCC1SCC(C(=O)O)N1C(=O)NCCC1=CCCC1. The molecular weight excluding hydrogens is 276 g/mol. The van der Waals surface area contributed by atoms with Crippen LogP contribution in [-0.4, -0.2) is 45.7 Å². The van der Waals surface area contributed by atoms with Crippen LogP contribution in [0.5, 0.6) is 0 Å². The van der Waals surface area contributed by atoms with Crippen LogP contribution in [0.25, 0.3) is 0 Å². The average Bonchev–Trinajstić information content (AvgIpc) is 3.07. The lowest BCUT2D eigenvalue weighted by Gasteiger charge is -2.26. The molecule has 0 aromatic heterocycles. The minimum atomic E-state index is -0.915. The second-order valence-electron chi connectivity index (χ2n) is 5.19. The Labute approximate surface area is 123 Å². The molecule has 0 radical (unpaired) electrons. The zero-order valence-corrected chi connectivity index (χ0v) is 12.6. The molecule has 1 saturated heterocycles. The van der Waals surface area contributed by atoms with Crippen LogP contribution >= 0.6 is 11.8 Å². The van der Waals surface area contributed by atoms with Gasteiger partial charge in [0.2, 0.25) is 0 Å². The van der Waals surface area contributed by atoms with Crippen LogP contribution in [-0.2, 0) is 4.79 Å². The van der Waals surface area contributed by atoms with E-state index in [9.17, 15) is 14.7 Å². The third kappa shape index (κ3) is 3.48. The fourth-order valence-corrected chi connectivity index (χ4v) is 4.07. The Hall–Kier alpha value is -1.17. The van der Waals surface area contributed by atoms with E-state index >= 15 is 0 Å². The predicted octanol–water partition coefficient (Wildman–Crippen LogP) is 2.43. The first-order valence-electron chi connectivity index (χ1n) is 7.22. The molecule has 0 bridgehead atoms. The number of nitrogens with one attached hydrogen (secondary N) is 1. The molecule has 1 aliphatic heterocycles. The summed E-state index contributed by atoms with van der Waals surface area (Å²) in [5.74, 6) is -0.436. The van der Waals surface area contributed by atoms with Crippen LogP contribution < -0.4 is 5.32 Å². The quantitative estimate of drug-likeness (QED) is 0.765. The Morgan fingerprint density at radius 3 is 2.95 bits per heavy atom. The molecule has 2 unspecified atom stereocenters. The number of hydrogen-bond acceptors (Lipinski definition) is 3. The molecule has 1 heterocycles. The van der Waals surface area contributed by atoms with Gasteiger partial charge in [-0.3, -0.25) is 4.90 Å². The Bertz CT molecular complexity index is 411. The largest absolute Gasteiger partial charge is 0.480 e. The highest BCUT2D eigenvalue weighted by Crippen LogP contribution is 2.31. The van der Waals surface area contributed by atoms with Crippen LogP contribution in [0.1, 0.15) is 39.0 Å². The fraction of sp³-hybridized carbons (Fsp3) is 0.714. The van der Waals surface area contributed by atoms with Gasteiger partial charge in [-0.1, -0.05) is 18.6 Å². The number of carboxylic acids is 1. The number of nitrogens with zero attached hydrogens (tertiary/aromatic N) is 1. The monoisotopic (exact) mass is 298 g/mol. The molecule has 2 aliphatic rings. The molecule has 6 heteroatoms. The molecule has 1 fully saturated rings. The molecule has 20 heavy (non-hydrogen) atoms. The molecule has 0 aromatic carbocycles. The molecule has 2 atom stereocenters. The van der Waals surface area contributed by atoms with Crippen LogP contribution in [0.4, 0.5) is 4.79 Å². The topological polar surface area (TPSA) is 69.6 Å². The van der Waals surface area contributed by atoms with E-state index in [1.54, 1.807) is 11.8 Å². The summed E-state index contributed by atoms with van der Waals surface area (Å²) in [6.07, 6.45) is 7.38. The maximum absolute atomic E-state index is 12.2. The van der Waals surface area contributed by atoms with E-state index in [-0.39, 0.29) is 11.4 Å². The Kier molecular flexibility index (Phi) is 5.34. The van der Waals surface area contributed by atoms with Gasteiger partial charge < -0.3 is 10.4 Å². The first-order chi connectivity index (χ1) is 9.63. The van der Waals surface area contributed by atoms with Crippen molar-refractivity contribution in [2.45, 2.75) is 50.4 Å². The Morgan fingerprint density at radius 1 is 1.55 bits per heavy atom. The highest BCUT2D eigenvalue weighted by Gasteiger charge is 2.40. The zero-order valence-electron chi connectivity index (χ0n) is 11.8. The maximum Gasteiger partial charge on any atom is 0.327 e. The lowest BCUT2D eigenvalue weighted by Crippen LogP contribution is -2.50. The van der Waals surface area contributed by atoms with Crippen molar-refractivity contribution in [2.24, 2.45) is 0 Å². The van der Waals surface area contributed by atoms with Crippen molar-refractivity contribution < 1.29 is 14.7 Å². The van der Waals surface area contributed by atoms with Gasteiger partial charge in [0.15, 0.2) is 0 Å². The summed E-state index contributed by atoms with van der Waals surface area (Å²) < 4.78 is 0. The fourth-order valence-electron chi connectivity index (χ4n) is 2.73. The highest BCUT2D eigenvalue weighted by molar-refractivity contribution is 8.00. The number of thioether (sulfide) groups is 1. The van der Waals surface area contributed by atoms with E-state index in [0.29, 0.717) is 12.3 Å². The molecular formula is C14H22N2O3S. The van der Waals surface area contributed by atoms with E-state index in [0.717, 1.165) is 25.7 Å². The number of allylic oxidation sites excluding steroid dienone is 1. The van der Waals surface area contributed by atoms with Crippen LogP contribution in [0.3, 0.4) is 0 Å². The van der Waals surface area contributed by atoms with Crippen molar-refractivity contribution in [1.82, 2.24) is 10.2 Å². The van der Waals surface area contributed by atoms with Gasteiger partial charge in [0.05, 0.1) is 5.37 Å². The van der Waals surface area contributed by atoms with Crippen LogP contribution in [0.2, 0.25) is 0 Å². The normalized spacial score (nSPS) is 25.6. The molecule has 2 rings (SSSR count). The number of rotatable bonds is 5. The number of hydrogen-bond donors (Lipinski definition) is 2. The zero-order chi connectivity index (χ0) is 14.5.